The Labute approximate surface area is 196 Å². The first-order valence-corrected chi connectivity index (χ1v) is 12.3. The van der Waals surface area contributed by atoms with Crippen molar-refractivity contribution in [3.05, 3.63) is 63.7 Å². The fourth-order valence-corrected chi connectivity index (χ4v) is 4.35. The number of carbonyl (C=O) groups excluding carboxylic acids is 3. The predicted octanol–water partition coefficient (Wildman–Crippen LogP) is 1.85. The van der Waals surface area contributed by atoms with Crippen molar-refractivity contribution in [2.45, 2.75) is 24.8 Å². The van der Waals surface area contributed by atoms with E-state index in [2.05, 4.69) is 10.6 Å². The average molecular weight is 489 g/mol. The summed E-state index contributed by atoms with van der Waals surface area (Å²) >= 11 is 0. The number of nitro groups is 1. The van der Waals surface area contributed by atoms with Crippen LogP contribution in [0.4, 0.5) is 11.4 Å². The lowest BCUT2D eigenvalue weighted by Gasteiger charge is -2.28. The van der Waals surface area contributed by atoms with Crippen molar-refractivity contribution in [2.75, 3.05) is 24.7 Å². The highest BCUT2D eigenvalue weighted by molar-refractivity contribution is 7.90. The Morgan fingerprint density at radius 2 is 1.65 bits per heavy atom. The van der Waals surface area contributed by atoms with E-state index in [1.807, 2.05) is 0 Å². The van der Waals surface area contributed by atoms with E-state index < -0.39 is 44.2 Å². The van der Waals surface area contributed by atoms with E-state index in [4.69, 9.17) is 0 Å². The number of carbonyl (C=O) groups is 3. The second kappa shape index (κ2) is 9.59. The molecule has 0 saturated carbocycles. The van der Waals surface area contributed by atoms with Crippen LogP contribution < -0.4 is 10.6 Å². The molecule has 0 aliphatic carbocycles. The van der Waals surface area contributed by atoms with Crippen LogP contribution >= 0.6 is 0 Å². The van der Waals surface area contributed by atoms with Crippen molar-refractivity contribution >= 4 is 38.9 Å². The minimum Gasteiger partial charge on any atom is -0.378 e. The Balaban J connectivity index is 1.67. The number of amides is 3. The number of nitrogens with zero attached hydrogens (tertiary/aromatic N) is 2. The third kappa shape index (κ3) is 4.91. The summed E-state index contributed by atoms with van der Waals surface area (Å²) in [7, 11) is -3.62. The van der Waals surface area contributed by atoms with Crippen LogP contribution in [-0.4, -0.2) is 61.3 Å². The van der Waals surface area contributed by atoms with Crippen molar-refractivity contribution in [2.24, 2.45) is 5.92 Å². The number of nitro benzene ring substituents is 1. The molecule has 3 rings (SSSR count). The summed E-state index contributed by atoms with van der Waals surface area (Å²) in [5.41, 5.74) is 0.169. The SMILES string of the molecule is CC(C)[C@@H](C(=O)NCCNc1ccc(S(C)(=O)=O)cc1[N+](=O)[O-])N1C(=O)c2ccccc2C1=O. The average Bonchev–Trinajstić information content (AvgIpc) is 3.01. The molecule has 2 N–H and O–H groups in total. The van der Waals surface area contributed by atoms with Gasteiger partial charge in [0.1, 0.15) is 11.7 Å². The maximum atomic E-state index is 12.9. The summed E-state index contributed by atoms with van der Waals surface area (Å²) in [6, 6.07) is 8.83. The fourth-order valence-electron chi connectivity index (χ4n) is 3.71. The van der Waals surface area contributed by atoms with E-state index in [-0.39, 0.29) is 40.7 Å². The van der Waals surface area contributed by atoms with Crippen LogP contribution in [0.25, 0.3) is 0 Å². The number of hydrogen-bond donors (Lipinski definition) is 2. The van der Waals surface area contributed by atoms with E-state index in [1.165, 1.54) is 24.3 Å². The molecule has 12 heteroatoms. The largest absolute Gasteiger partial charge is 0.378 e. The summed E-state index contributed by atoms with van der Waals surface area (Å²) in [5.74, 6) is -1.96. The van der Waals surface area contributed by atoms with E-state index in [9.17, 15) is 32.9 Å². The minimum absolute atomic E-state index is 0.0379. The first kappa shape index (κ1) is 24.8. The maximum Gasteiger partial charge on any atom is 0.293 e. The molecule has 0 fully saturated rings. The highest BCUT2D eigenvalue weighted by Gasteiger charge is 2.43. The molecule has 1 atom stereocenters. The molecule has 1 aliphatic rings. The van der Waals surface area contributed by atoms with E-state index in [0.29, 0.717) is 0 Å². The molecule has 34 heavy (non-hydrogen) atoms. The van der Waals surface area contributed by atoms with Crippen LogP contribution in [0.3, 0.4) is 0 Å². The fraction of sp³-hybridized carbons (Fsp3) is 0.318. The molecule has 2 aromatic carbocycles. The van der Waals surface area contributed by atoms with Gasteiger partial charge in [0.25, 0.3) is 17.5 Å². The Morgan fingerprint density at radius 1 is 1.06 bits per heavy atom. The first-order chi connectivity index (χ1) is 15.9. The predicted molar refractivity (Wildman–Crippen MR) is 123 cm³/mol. The van der Waals surface area contributed by atoms with Gasteiger partial charge in [0.05, 0.1) is 20.9 Å². The van der Waals surface area contributed by atoms with Gasteiger partial charge in [-0.05, 0) is 30.2 Å². The van der Waals surface area contributed by atoms with Gasteiger partial charge in [-0.3, -0.25) is 29.4 Å². The number of fused-ring (bicyclic) bond motifs is 1. The van der Waals surface area contributed by atoms with Crippen LogP contribution in [0.5, 0.6) is 0 Å². The van der Waals surface area contributed by atoms with E-state index in [1.54, 1.807) is 26.0 Å². The van der Waals surface area contributed by atoms with Gasteiger partial charge >= 0.3 is 0 Å². The molecule has 0 bridgehead atoms. The Morgan fingerprint density at radius 3 is 2.15 bits per heavy atom. The van der Waals surface area contributed by atoms with Crippen LogP contribution in [0.15, 0.2) is 47.4 Å². The zero-order valence-electron chi connectivity index (χ0n) is 18.8. The second-order valence-electron chi connectivity index (χ2n) is 8.14. The van der Waals surface area contributed by atoms with Gasteiger partial charge in [0.15, 0.2) is 9.84 Å². The maximum absolute atomic E-state index is 12.9. The molecular weight excluding hydrogens is 464 g/mol. The van der Waals surface area contributed by atoms with Crippen LogP contribution in [0.2, 0.25) is 0 Å². The van der Waals surface area contributed by atoms with E-state index in [0.717, 1.165) is 17.2 Å². The molecule has 180 valence electrons. The van der Waals surface area contributed by atoms with Gasteiger partial charge in [-0.1, -0.05) is 26.0 Å². The molecule has 0 spiro atoms. The van der Waals surface area contributed by atoms with Crippen molar-refractivity contribution in [3.63, 3.8) is 0 Å². The Bertz CT molecular complexity index is 1240. The zero-order valence-corrected chi connectivity index (χ0v) is 19.6. The lowest BCUT2D eigenvalue weighted by Crippen LogP contribution is -2.52. The first-order valence-electron chi connectivity index (χ1n) is 10.4. The summed E-state index contributed by atoms with van der Waals surface area (Å²) in [4.78, 5) is 49.9. The van der Waals surface area contributed by atoms with E-state index >= 15 is 0 Å². The highest BCUT2D eigenvalue weighted by atomic mass is 32.2. The molecule has 1 heterocycles. The van der Waals surface area contributed by atoms with Crippen molar-refractivity contribution < 1.29 is 27.7 Å². The number of hydrogen-bond acceptors (Lipinski definition) is 8. The summed E-state index contributed by atoms with van der Waals surface area (Å²) in [6.07, 6.45) is 0.953. The quantitative estimate of drug-likeness (QED) is 0.234. The van der Waals surface area contributed by atoms with Crippen molar-refractivity contribution in [3.8, 4) is 0 Å². The normalized spacial score (nSPS) is 14.2. The molecule has 0 radical (unpaired) electrons. The number of benzene rings is 2. The van der Waals surface area contributed by atoms with Crippen molar-refractivity contribution in [1.29, 1.82) is 0 Å². The van der Waals surface area contributed by atoms with Crippen LogP contribution in [-0.2, 0) is 14.6 Å². The van der Waals surface area contributed by atoms with Crippen molar-refractivity contribution in [1.82, 2.24) is 10.2 Å². The number of imide groups is 1. The third-order valence-electron chi connectivity index (χ3n) is 5.34. The van der Waals surface area contributed by atoms with Gasteiger partial charge in [0.2, 0.25) is 5.91 Å². The molecule has 3 amide bonds. The number of nitrogens with one attached hydrogen (secondary N) is 2. The number of sulfone groups is 1. The smallest absolute Gasteiger partial charge is 0.293 e. The van der Waals surface area contributed by atoms with Gasteiger partial charge in [0, 0.05) is 25.4 Å². The standard InChI is InChI=1S/C22H24N4O7S/c1-13(2)19(25-21(28)15-6-4-5-7-16(15)22(25)29)20(27)24-11-10-23-17-9-8-14(34(3,32)33)12-18(17)26(30)31/h4-9,12-13,19,23H,10-11H2,1-3H3,(H,24,27)/t19-/m0/s1. The number of anilines is 1. The summed E-state index contributed by atoms with van der Waals surface area (Å²) < 4.78 is 23.3. The van der Waals surface area contributed by atoms with Gasteiger partial charge in [-0.15, -0.1) is 0 Å². The summed E-state index contributed by atoms with van der Waals surface area (Å²) in [5, 5.41) is 16.8. The van der Waals surface area contributed by atoms with Crippen LogP contribution in [0, 0.1) is 16.0 Å². The Hall–Kier alpha value is -3.80. The lowest BCUT2D eigenvalue weighted by molar-refractivity contribution is -0.384. The van der Waals surface area contributed by atoms with Crippen LogP contribution in [0.1, 0.15) is 34.6 Å². The third-order valence-corrected chi connectivity index (χ3v) is 6.45. The number of rotatable bonds is 9. The molecular formula is C22H24N4O7S. The Kier molecular flexibility index (Phi) is 7.01. The molecule has 1 aliphatic heterocycles. The van der Waals surface area contributed by atoms with Gasteiger partial charge in [-0.25, -0.2) is 8.42 Å². The monoisotopic (exact) mass is 488 g/mol. The molecule has 0 saturated heterocycles. The topological polar surface area (TPSA) is 156 Å². The molecule has 0 unspecified atom stereocenters. The lowest BCUT2D eigenvalue weighted by atomic mass is 10.0. The second-order valence-corrected chi connectivity index (χ2v) is 10.2. The molecule has 0 aromatic heterocycles. The van der Waals surface area contributed by atoms with Gasteiger partial charge in [-0.2, -0.15) is 0 Å². The molecule has 2 aromatic rings. The minimum atomic E-state index is -3.62. The molecule has 11 nitrogen and oxygen atoms in total. The summed E-state index contributed by atoms with van der Waals surface area (Å²) in [6.45, 7) is 3.56. The highest BCUT2D eigenvalue weighted by Crippen LogP contribution is 2.28. The van der Waals surface area contributed by atoms with Gasteiger partial charge < -0.3 is 10.6 Å². The zero-order chi connectivity index (χ0) is 25.2.